The van der Waals surface area contributed by atoms with Gasteiger partial charge in [0.15, 0.2) is 5.16 Å². The third-order valence-corrected chi connectivity index (χ3v) is 6.82. The van der Waals surface area contributed by atoms with Gasteiger partial charge in [-0.25, -0.2) is 4.98 Å². The van der Waals surface area contributed by atoms with Crippen molar-refractivity contribution in [2.75, 3.05) is 0 Å². The standard InChI is InChI=1S/C23H21N3O2S2/c1-15(30-23-25-21-18(13-14-29-21)22(28)26(23)2)20(27)24-19(16-9-5-3-6-10-16)17-11-7-4-8-12-17/h3-15,19H,1-2H3,(H,24,27). The lowest BCUT2D eigenvalue weighted by Crippen LogP contribution is -2.35. The van der Waals surface area contributed by atoms with Crippen LogP contribution in [-0.2, 0) is 11.8 Å². The van der Waals surface area contributed by atoms with E-state index in [9.17, 15) is 9.59 Å². The van der Waals surface area contributed by atoms with Gasteiger partial charge in [0.1, 0.15) is 4.83 Å². The van der Waals surface area contributed by atoms with Gasteiger partial charge in [0.25, 0.3) is 5.56 Å². The number of carbonyl (C=O) groups excluding carboxylic acids is 1. The highest BCUT2D eigenvalue weighted by atomic mass is 32.2. The number of nitrogens with zero attached hydrogens (tertiary/aromatic N) is 2. The fourth-order valence-corrected chi connectivity index (χ4v) is 4.90. The molecule has 152 valence electrons. The second kappa shape index (κ2) is 8.85. The van der Waals surface area contributed by atoms with Crippen molar-refractivity contribution in [1.82, 2.24) is 14.9 Å². The van der Waals surface area contributed by atoms with Crippen molar-refractivity contribution in [1.29, 1.82) is 0 Å². The lowest BCUT2D eigenvalue weighted by atomic mass is 9.98. The molecule has 0 aliphatic heterocycles. The number of fused-ring (bicyclic) bond motifs is 1. The van der Waals surface area contributed by atoms with Crippen molar-refractivity contribution in [3.8, 4) is 0 Å². The predicted molar refractivity (Wildman–Crippen MR) is 123 cm³/mol. The summed E-state index contributed by atoms with van der Waals surface area (Å²) in [5.41, 5.74) is 1.93. The lowest BCUT2D eigenvalue weighted by molar-refractivity contribution is -0.120. The Morgan fingerprint density at radius 2 is 1.63 bits per heavy atom. The second-order valence-corrected chi connectivity index (χ2v) is 9.12. The lowest BCUT2D eigenvalue weighted by Gasteiger charge is -2.22. The number of thiophene rings is 1. The number of amides is 1. The first-order valence-corrected chi connectivity index (χ1v) is 11.3. The second-order valence-electron chi connectivity index (χ2n) is 6.92. The maximum absolute atomic E-state index is 13.1. The summed E-state index contributed by atoms with van der Waals surface area (Å²) in [5.74, 6) is -0.113. The Morgan fingerprint density at radius 1 is 1.03 bits per heavy atom. The van der Waals surface area contributed by atoms with Gasteiger partial charge in [0.05, 0.1) is 16.7 Å². The Balaban J connectivity index is 1.57. The summed E-state index contributed by atoms with van der Waals surface area (Å²) in [6.45, 7) is 1.83. The number of rotatable bonds is 6. The van der Waals surface area contributed by atoms with E-state index >= 15 is 0 Å². The van der Waals surface area contributed by atoms with Gasteiger partial charge in [-0.05, 0) is 29.5 Å². The molecule has 0 saturated carbocycles. The molecular weight excluding hydrogens is 414 g/mol. The highest BCUT2D eigenvalue weighted by Gasteiger charge is 2.23. The van der Waals surface area contributed by atoms with Gasteiger partial charge < -0.3 is 5.32 Å². The number of nitrogens with one attached hydrogen (secondary N) is 1. The first-order valence-electron chi connectivity index (χ1n) is 9.55. The van der Waals surface area contributed by atoms with Crippen molar-refractivity contribution in [3.63, 3.8) is 0 Å². The maximum atomic E-state index is 13.1. The van der Waals surface area contributed by atoms with Gasteiger partial charge in [-0.3, -0.25) is 14.2 Å². The fourth-order valence-electron chi connectivity index (χ4n) is 3.21. The summed E-state index contributed by atoms with van der Waals surface area (Å²) in [6, 6.07) is 21.3. The minimum atomic E-state index is -0.421. The highest BCUT2D eigenvalue weighted by molar-refractivity contribution is 8.00. The molecule has 2 heterocycles. The van der Waals surface area contributed by atoms with Crippen LogP contribution in [0.1, 0.15) is 24.1 Å². The van der Waals surface area contributed by atoms with Crippen molar-refractivity contribution >= 4 is 39.2 Å². The van der Waals surface area contributed by atoms with Crippen LogP contribution in [-0.4, -0.2) is 20.7 Å². The average Bonchev–Trinajstić information content (AvgIpc) is 3.25. The van der Waals surface area contributed by atoms with Gasteiger partial charge in [-0.15, -0.1) is 11.3 Å². The number of carbonyl (C=O) groups is 1. The molecule has 1 amide bonds. The van der Waals surface area contributed by atoms with E-state index in [4.69, 9.17) is 0 Å². The van der Waals surface area contributed by atoms with Crippen LogP contribution in [0.5, 0.6) is 0 Å². The quantitative estimate of drug-likeness (QED) is 0.361. The third-order valence-electron chi connectivity index (χ3n) is 4.87. The normalized spacial score (nSPS) is 12.2. The van der Waals surface area contributed by atoms with E-state index in [0.29, 0.717) is 15.4 Å². The summed E-state index contributed by atoms with van der Waals surface area (Å²) < 4.78 is 1.51. The van der Waals surface area contributed by atoms with E-state index in [1.54, 1.807) is 13.1 Å². The van der Waals surface area contributed by atoms with Crippen molar-refractivity contribution in [3.05, 3.63) is 93.6 Å². The smallest absolute Gasteiger partial charge is 0.262 e. The zero-order chi connectivity index (χ0) is 21.1. The number of hydrogen-bond donors (Lipinski definition) is 1. The molecule has 0 saturated heterocycles. The van der Waals surface area contributed by atoms with E-state index in [1.807, 2.05) is 73.0 Å². The Morgan fingerprint density at radius 3 is 2.23 bits per heavy atom. The summed E-state index contributed by atoms with van der Waals surface area (Å²) in [4.78, 5) is 30.9. The molecule has 1 unspecified atom stereocenters. The van der Waals surface area contributed by atoms with Crippen LogP contribution >= 0.6 is 23.1 Å². The van der Waals surface area contributed by atoms with Crippen LogP contribution in [0.4, 0.5) is 0 Å². The van der Waals surface area contributed by atoms with Gasteiger partial charge in [-0.1, -0.05) is 72.4 Å². The molecular formula is C23H21N3O2S2. The average molecular weight is 436 g/mol. The molecule has 0 radical (unpaired) electrons. The third kappa shape index (κ3) is 4.17. The fraction of sp³-hybridized carbons (Fsp3) is 0.174. The van der Waals surface area contributed by atoms with Gasteiger partial charge in [-0.2, -0.15) is 0 Å². The molecule has 0 aliphatic carbocycles. The van der Waals surface area contributed by atoms with Gasteiger partial charge in [0, 0.05) is 7.05 Å². The molecule has 7 heteroatoms. The monoisotopic (exact) mass is 435 g/mol. The minimum absolute atomic E-state index is 0.0946. The molecule has 1 N–H and O–H groups in total. The number of thioether (sulfide) groups is 1. The SMILES string of the molecule is CC(Sc1nc2sccc2c(=O)n1C)C(=O)NC(c1ccccc1)c1ccccc1. The largest absolute Gasteiger partial charge is 0.344 e. The van der Waals surface area contributed by atoms with Crippen LogP contribution in [0, 0.1) is 0 Å². The Bertz CT molecular complexity index is 1180. The summed E-state index contributed by atoms with van der Waals surface area (Å²) in [7, 11) is 1.69. The number of aromatic nitrogens is 2. The topological polar surface area (TPSA) is 64.0 Å². The van der Waals surface area contributed by atoms with Crippen molar-refractivity contribution < 1.29 is 4.79 Å². The Hall–Kier alpha value is -2.90. The maximum Gasteiger partial charge on any atom is 0.262 e. The molecule has 4 rings (SSSR count). The molecule has 0 aliphatic rings. The van der Waals surface area contributed by atoms with Crippen LogP contribution in [0.15, 0.2) is 82.1 Å². The van der Waals surface area contributed by atoms with E-state index < -0.39 is 5.25 Å². The first-order chi connectivity index (χ1) is 14.5. The van der Waals surface area contributed by atoms with Gasteiger partial charge in [0.2, 0.25) is 5.91 Å². The zero-order valence-corrected chi connectivity index (χ0v) is 18.2. The highest BCUT2D eigenvalue weighted by Crippen LogP contribution is 2.26. The molecule has 2 aromatic carbocycles. The van der Waals surface area contributed by atoms with Crippen LogP contribution in [0.2, 0.25) is 0 Å². The van der Waals surface area contributed by atoms with Crippen LogP contribution < -0.4 is 10.9 Å². The first kappa shape index (κ1) is 20.4. The molecule has 0 fully saturated rings. The van der Waals surface area contributed by atoms with Gasteiger partial charge >= 0.3 is 0 Å². The number of benzene rings is 2. The summed E-state index contributed by atoms with van der Waals surface area (Å²) in [5, 5.41) is 5.74. The van der Waals surface area contributed by atoms with Crippen LogP contribution in [0.25, 0.3) is 10.2 Å². The van der Waals surface area contributed by atoms with E-state index in [0.717, 1.165) is 11.1 Å². The predicted octanol–water partition coefficient (Wildman–Crippen LogP) is 4.38. The number of hydrogen-bond acceptors (Lipinski definition) is 5. The molecule has 0 spiro atoms. The van der Waals surface area contributed by atoms with Crippen molar-refractivity contribution in [2.24, 2.45) is 7.05 Å². The van der Waals surface area contributed by atoms with E-state index in [1.165, 1.54) is 27.7 Å². The molecule has 4 aromatic rings. The Kier molecular flexibility index (Phi) is 6.01. The zero-order valence-electron chi connectivity index (χ0n) is 16.6. The molecule has 30 heavy (non-hydrogen) atoms. The van der Waals surface area contributed by atoms with E-state index in [2.05, 4.69) is 10.3 Å². The summed E-state index contributed by atoms with van der Waals surface area (Å²) in [6.07, 6.45) is 0. The molecule has 0 bridgehead atoms. The Labute approximate surface area is 182 Å². The van der Waals surface area contributed by atoms with Crippen LogP contribution in [0.3, 0.4) is 0 Å². The molecule has 2 aromatic heterocycles. The molecule has 1 atom stereocenters. The minimum Gasteiger partial charge on any atom is -0.344 e. The summed E-state index contributed by atoms with van der Waals surface area (Å²) >= 11 is 2.72. The van der Waals surface area contributed by atoms with E-state index in [-0.39, 0.29) is 17.5 Å². The molecule has 5 nitrogen and oxygen atoms in total. The van der Waals surface area contributed by atoms with Crippen molar-refractivity contribution in [2.45, 2.75) is 23.4 Å².